The fourth-order valence-electron chi connectivity index (χ4n) is 2.26. The Morgan fingerprint density at radius 2 is 1.83 bits per heavy atom. The van der Waals surface area contributed by atoms with Crippen molar-refractivity contribution in [3.8, 4) is 0 Å². The van der Waals surface area contributed by atoms with E-state index in [9.17, 15) is 9.18 Å². The van der Waals surface area contributed by atoms with Crippen LogP contribution >= 0.6 is 12.2 Å². The van der Waals surface area contributed by atoms with Crippen molar-refractivity contribution in [1.29, 1.82) is 0 Å². The van der Waals surface area contributed by atoms with Gasteiger partial charge in [0.15, 0.2) is 5.11 Å². The van der Waals surface area contributed by atoms with Crippen molar-refractivity contribution in [2.24, 2.45) is 0 Å². The molecule has 2 N–H and O–H groups in total. The predicted molar refractivity (Wildman–Crippen MR) is 93.5 cm³/mol. The molecule has 0 saturated carbocycles. The molecule has 3 aromatic rings. The second-order valence-corrected chi connectivity index (χ2v) is 5.46. The Morgan fingerprint density at radius 1 is 1.09 bits per heavy atom. The lowest BCUT2D eigenvalue weighted by molar-refractivity contribution is 0.560. The molecule has 2 aromatic carbocycles. The van der Waals surface area contributed by atoms with Crippen LogP contribution in [0.5, 0.6) is 0 Å². The molecule has 23 heavy (non-hydrogen) atoms. The van der Waals surface area contributed by atoms with Gasteiger partial charge in [0.05, 0.1) is 0 Å². The van der Waals surface area contributed by atoms with Crippen molar-refractivity contribution < 1.29 is 8.81 Å². The number of hydrogen-bond acceptors (Lipinski definition) is 3. The zero-order chi connectivity index (χ0) is 16.4. The molecule has 0 aliphatic rings. The highest BCUT2D eigenvalue weighted by Gasteiger charge is 2.05. The second-order valence-electron chi connectivity index (χ2n) is 5.05. The highest BCUT2D eigenvalue weighted by atomic mass is 32.1. The van der Waals surface area contributed by atoms with Crippen molar-refractivity contribution in [1.82, 2.24) is 0 Å². The van der Waals surface area contributed by atoms with Crippen LogP contribution in [-0.2, 0) is 0 Å². The van der Waals surface area contributed by atoms with Crippen LogP contribution < -0.4 is 16.3 Å². The number of anilines is 2. The van der Waals surface area contributed by atoms with Gasteiger partial charge in [0.1, 0.15) is 11.4 Å². The van der Waals surface area contributed by atoms with E-state index in [-0.39, 0.29) is 5.82 Å². The Kier molecular flexibility index (Phi) is 4.08. The van der Waals surface area contributed by atoms with Gasteiger partial charge in [-0.25, -0.2) is 9.18 Å². The van der Waals surface area contributed by atoms with Crippen LogP contribution in [0.4, 0.5) is 15.8 Å². The quantitative estimate of drug-likeness (QED) is 0.549. The maximum Gasteiger partial charge on any atom is 0.336 e. The van der Waals surface area contributed by atoms with Crippen LogP contribution in [-0.4, -0.2) is 5.11 Å². The third-order valence-corrected chi connectivity index (χ3v) is 3.50. The molecule has 1 aromatic heterocycles. The second kappa shape index (κ2) is 6.18. The standard InChI is InChI=1S/C17H13FN2O2S/c1-10-7-16(21)22-15-9-13(5-6-14(10)15)20-17(23)19-12-4-2-3-11(18)8-12/h2-9H,1H3,(H2,19,20,23). The van der Waals surface area contributed by atoms with Crippen LogP contribution in [0.1, 0.15) is 5.56 Å². The SMILES string of the molecule is Cc1cc(=O)oc2cc(NC(=S)Nc3cccc(F)c3)ccc12. The van der Waals surface area contributed by atoms with E-state index in [2.05, 4.69) is 10.6 Å². The van der Waals surface area contributed by atoms with Gasteiger partial charge in [0.25, 0.3) is 0 Å². The summed E-state index contributed by atoms with van der Waals surface area (Å²) in [7, 11) is 0. The van der Waals surface area contributed by atoms with Gasteiger partial charge >= 0.3 is 5.63 Å². The summed E-state index contributed by atoms with van der Waals surface area (Å²) in [4.78, 5) is 11.5. The summed E-state index contributed by atoms with van der Waals surface area (Å²) in [5.74, 6) is -0.347. The highest BCUT2D eigenvalue weighted by molar-refractivity contribution is 7.80. The number of rotatable bonds is 2. The van der Waals surface area contributed by atoms with Crippen LogP contribution in [0, 0.1) is 12.7 Å². The lowest BCUT2D eigenvalue weighted by atomic mass is 10.1. The molecule has 0 aliphatic heterocycles. The molecule has 116 valence electrons. The van der Waals surface area contributed by atoms with Crippen molar-refractivity contribution >= 4 is 39.7 Å². The third kappa shape index (κ3) is 3.54. The Balaban J connectivity index is 1.81. The third-order valence-electron chi connectivity index (χ3n) is 3.29. The molecule has 0 unspecified atom stereocenters. The summed E-state index contributed by atoms with van der Waals surface area (Å²) in [5.41, 5.74) is 2.15. The normalized spacial score (nSPS) is 10.5. The Bertz CT molecular complexity index is 953. The first kappa shape index (κ1) is 15.2. The molecule has 4 nitrogen and oxygen atoms in total. The number of nitrogens with one attached hydrogen (secondary N) is 2. The first-order valence-corrected chi connectivity index (χ1v) is 7.30. The van der Waals surface area contributed by atoms with E-state index in [0.717, 1.165) is 10.9 Å². The molecule has 6 heteroatoms. The molecule has 3 rings (SSSR count). The van der Waals surface area contributed by atoms with Crippen molar-refractivity contribution in [2.75, 3.05) is 10.6 Å². The first-order valence-electron chi connectivity index (χ1n) is 6.89. The molecule has 0 spiro atoms. The summed E-state index contributed by atoms with van der Waals surface area (Å²) in [5, 5.41) is 7.04. The molecule has 0 radical (unpaired) electrons. The van der Waals surface area contributed by atoms with Gasteiger partial charge in [-0.3, -0.25) is 0 Å². The first-order chi connectivity index (χ1) is 11.0. The number of hydrogen-bond donors (Lipinski definition) is 2. The maximum atomic E-state index is 13.1. The van der Waals surface area contributed by atoms with E-state index in [4.69, 9.17) is 16.6 Å². The largest absolute Gasteiger partial charge is 0.423 e. The number of aryl methyl sites for hydroxylation is 1. The van der Waals surface area contributed by atoms with Crippen LogP contribution in [0.3, 0.4) is 0 Å². The minimum absolute atomic E-state index is 0.310. The average molecular weight is 328 g/mol. The topological polar surface area (TPSA) is 54.3 Å². The lowest BCUT2D eigenvalue weighted by Gasteiger charge is -2.11. The molecule has 0 aliphatic carbocycles. The summed E-state index contributed by atoms with van der Waals surface area (Å²) in [6.07, 6.45) is 0. The molecular formula is C17H13FN2O2S. The summed E-state index contributed by atoms with van der Waals surface area (Å²) < 4.78 is 18.3. The molecule has 0 amide bonds. The monoisotopic (exact) mass is 328 g/mol. The van der Waals surface area contributed by atoms with Crippen LogP contribution in [0.2, 0.25) is 0 Å². The van der Waals surface area contributed by atoms with Gasteiger partial charge in [-0.15, -0.1) is 0 Å². The van der Waals surface area contributed by atoms with Crippen molar-refractivity contribution in [2.45, 2.75) is 6.92 Å². The van der Waals surface area contributed by atoms with E-state index >= 15 is 0 Å². The van der Waals surface area contributed by atoms with Crippen LogP contribution in [0.25, 0.3) is 11.0 Å². The number of thiocarbonyl (C=S) groups is 1. The van der Waals surface area contributed by atoms with E-state index in [1.165, 1.54) is 18.2 Å². The molecule has 0 saturated heterocycles. The minimum atomic E-state index is -0.396. The Hall–Kier alpha value is -2.73. The van der Waals surface area contributed by atoms with Crippen molar-refractivity contribution in [3.63, 3.8) is 0 Å². The zero-order valence-electron chi connectivity index (χ0n) is 12.2. The van der Waals surface area contributed by atoms with Gasteiger partial charge in [-0.05, 0) is 55.0 Å². The predicted octanol–water partition coefficient (Wildman–Crippen LogP) is 4.05. The average Bonchev–Trinajstić information content (AvgIpc) is 2.46. The smallest absolute Gasteiger partial charge is 0.336 e. The van der Waals surface area contributed by atoms with Gasteiger partial charge in [0, 0.05) is 28.9 Å². The van der Waals surface area contributed by atoms with E-state index in [0.29, 0.717) is 22.1 Å². The molecule has 0 fully saturated rings. The van der Waals surface area contributed by atoms with Crippen LogP contribution in [0.15, 0.2) is 57.7 Å². The summed E-state index contributed by atoms with van der Waals surface area (Å²) >= 11 is 5.20. The minimum Gasteiger partial charge on any atom is -0.423 e. The summed E-state index contributed by atoms with van der Waals surface area (Å²) in [6, 6.07) is 12.8. The van der Waals surface area contributed by atoms with E-state index in [1.807, 2.05) is 19.1 Å². The number of halogens is 1. The molecule has 0 bridgehead atoms. The molecule has 1 heterocycles. The lowest BCUT2D eigenvalue weighted by Crippen LogP contribution is -2.19. The fourth-order valence-corrected chi connectivity index (χ4v) is 2.50. The van der Waals surface area contributed by atoms with E-state index < -0.39 is 5.63 Å². The maximum absolute atomic E-state index is 13.1. The van der Waals surface area contributed by atoms with E-state index in [1.54, 1.807) is 18.2 Å². The van der Waals surface area contributed by atoms with Gasteiger partial charge < -0.3 is 15.1 Å². The summed E-state index contributed by atoms with van der Waals surface area (Å²) in [6.45, 7) is 1.85. The molecule has 0 atom stereocenters. The number of benzene rings is 2. The fraction of sp³-hybridized carbons (Fsp3) is 0.0588. The molecular weight excluding hydrogens is 315 g/mol. The Morgan fingerprint density at radius 3 is 2.57 bits per heavy atom. The van der Waals surface area contributed by atoms with Gasteiger partial charge in [-0.2, -0.15) is 0 Å². The Labute approximate surface area is 136 Å². The van der Waals surface area contributed by atoms with Gasteiger partial charge in [-0.1, -0.05) is 6.07 Å². The number of fused-ring (bicyclic) bond motifs is 1. The van der Waals surface area contributed by atoms with Crippen molar-refractivity contribution in [3.05, 3.63) is 70.3 Å². The zero-order valence-corrected chi connectivity index (χ0v) is 13.0. The highest BCUT2D eigenvalue weighted by Crippen LogP contribution is 2.21. The van der Waals surface area contributed by atoms with Gasteiger partial charge in [0.2, 0.25) is 0 Å².